The third-order valence-corrected chi connectivity index (χ3v) is 4.09. The molecule has 0 saturated carbocycles. The van der Waals surface area contributed by atoms with Crippen molar-refractivity contribution in [2.24, 2.45) is 5.73 Å². The molecule has 146 valence electrons. The predicted octanol–water partition coefficient (Wildman–Crippen LogP) is 2.32. The first-order valence-corrected chi connectivity index (χ1v) is 8.88. The van der Waals surface area contributed by atoms with Crippen molar-refractivity contribution in [1.29, 1.82) is 0 Å². The number of benzene rings is 2. The summed E-state index contributed by atoms with van der Waals surface area (Å²) in [6, 6.07) is 18.9. The number of amides is 1. The van der Waals surface area contributed by atoms with Crippen molar-refractivity contribution >= 4 is 23.3 Å². The topological polar surface area (TPSA) is 111 Å². The van der Waals surface area contributed by atoms with Crippen LogP contribution in [0.25, 0.3) is 0 Å². The summed E-state index contributed by atoms with van der Waals surface area (Å²) in [5.74, 6) is -1.99. The lowest BCUT2D eigenvalue weighted by atomic mass is 10.1. The van der Waals surface area contributed by atoms with Gasteiger partial charge in [0.05, 0.1) is 5.69 Å². The van der Waals surface area contributed by atoms with Gasteiger partial charge in [0.1, 0.15) is 12.3 Å². The molecule has 0 spiro atoms. The van der Waals surface area contributed by atoms with Gasteiger partial charge in [-0.2, -0.15) is 0 Å². The van der Waals surface area contributed by atoms with Crippen LogP contribution >= 0.6 is 0 Å². The summed E-state index contributed by atoms with van der Waals surface area (Å²) in [5, 5.41) is 2.53. The van der Waals surface area contributed by atoms with E-state index in [9.17, 15) is 14.4 Å². The Balaban J connectivity index is 1.67. The molecule has 7 nitrogen and oxygen atoms in total. The van der Waals surface area contributed by atoms with E-state index in [1.165, 1.54) is 6.20 Å². The summed E-state index contributed by atoms with van der Waals surface area (Å²) < 4.78 is 5.09. The van der Waals surface area contributed by atoms with Gasteiger partial charge in [-0.15, -0.1) is 0 Å². The Bertz CT molecular complexity index is 1010. The molecule has 1 aromatic heterocycles. The quantitative estimate of drug-likeness (QED) is 0.364. The lowest BCUT2D eigenvalue weighted by Gasteiger charge is -2.14. The minimum absolute atomic E-state index is 0.00933. The third kappa shape index (κ3) is 5.12. The first kappa shape index (κ1) is 19.9. The van der Waals surface area contributed by atoms with Crippen LogP contribution in [0.2, 0.25) is 0 Å². The maximum atomic E-state index is 12.7. The first-order valence-electron chi connectivity index (χ1n) is 8.88. The molecule has 3 N–H and O–H groups in total. The minimum Gasteiger partial charge on any atom is -0.459 e. The highest BCUT2D eigenvalue weighted by Gasteiger charge is 2.25. The molecule has 7 heteroatoms. The number of rotatable bonds is 7. The van der Waals surface area contributed by atoms with Crippen LogP contribution in [0.5, 0.6) is 0 Å². The van der Waals surface area contributed by atoms with Crippen molar-refractivity contribution in [3.8, 4) is 0 Å². The number of anilines is 1. The molecule has 0 saturated heterocycles. The maximum absolute atomic E-state index is 12.7. The number of nitrogens with one attached hydrogen (secondary N) is 1. The lowest BCUT2D eigenvalue weighted by Crippen LogP contribution is -2.43. The van der Waals surface area contributed by atoms with Crippen molar-refractivity contribution in [2.45, 2.75) is 12.6 Å². The highest BCUT2D eigenvalue weighted by molar-refractivity contribution is 6.15. The van der Waals surface area contributed by atoms with E-state index in [2.05, 4.69) is 10.3 Å². The van der Waals surface area contributed by atoms with Crippen molar-refractivity contribution in [2.75, 3.05) is 5.32 Å². The number of nitrogens with zero attached hydrogens (tertiary/aromatic N) is 1. The van der Waals surface area contributed by atoms with Gasteiger partial charge in [-0.3, -0.25) is 14.6 Å². The number of carbonyl (C=O) groups excluding carboxylic acids is 3. The standard InChI is InChI=1S/C22H19N3O4/c23-19(22(28)29-14-15-8-2-1-3-9-15)21(27)25-17-11-5-4-10-16(17)20(26)18-12-6-7-13-24-18/h1-13,19H,14,23H2,(H,25,27). The molecular formula is C22H19N3O4. The molecule has 3 aromatic rings. The average molecular weight is 389 g/mol. The fourth-order valence-electron chi connectivity index (χ4n) is 2.56. The summed E-state index contributed by atoms with van der Waals surface area (Å²) in [6.07, 6.45) is 1.51. The SMILES string of the molecule is NC(C(=O)Nc1ccccc1C(=O)c1ccccn1)C(=O)OCc1ccccc1. The number of hydrogen-bond donors (Lipinski definition) is 2. The fraction of sp³-hybridized carbons (Fsp3) is 0.0909. The highest BCUT2D eigenvalue weighted by Crippen LogP contribution is 2.18. The van der Waals surface area contributed by atoms with Gasteiger partial charge >= 0.3 is 5.97 Å². The molecule has 29 heavy (non-hydrogen) atoms. The number of para-hydroxylation sites is 1. The van der Waals surface area contributed by atoms with Gasteiger partial charge < -0.3 is 15.8 Å². The molecule has 1 unspecified atom stereocenters. The zero-order chi connectivity index (χ0) is 20.6. The molecule has 0 aliphatic rings. The molecule has 3 rings (SSSR count). The molecule has 0 aliphatic heterocycles. The van der Waals surface area contributed by atoms with Crippen LogP contribution in [-0.4, -0.2) is 28.7 Å². The number of aromatic nitrogens is 1. The zero-order valence-corrected chi connectivity index (χ0v) is 15.4. The summed E-state index contributed by atoms with van der Waals surface area (Å²) in [5.41, 5.74) is 7.22. The second kappa shape index (κ2) is 9.38. The van der Waals surface area contributed by atoms with Crippen LogP contribution in [0.1, 0.15) is 21.6 Å². The predicted molar refractivity (Wildman–Crippen MR) is 107 cm³/mol. The average Bonchev–Trinajstić information content (AvgIpc) is 2.78. The van der Waals surface area contributed by atoms with E-state index in [0.29, 0.717) is 0 Å². The first-order chi connectivity index (χ1) is 14.1. The monoisotopic (exact) mass is 389 g/mol. The molecule has 0 radical (unpaired) electrons. The molecule has 0 aliphatic carbocycles. The Hall–Kier alpha value is -3.84. The second-order valence-electron chi connectivity index (χ2n) is 6.15. The van der Waals surface area contributed by atoms with Crippen molar-refractivity contribution < 1.29 is 19.1 Å². The summed E-state index contributed by atoms with van der Waals surface area (Å²) >= 11 is 0. The van der Waals surface area contributed by atoms with Crippen molar-refractivity contribution in [1.82, 2.24) is 4.98 Å². The molecule has 0 bridgehead atoms. The van der Waals surface area contributed by atoms with Crippen LogP contribution in [0, 0.1) is 0 Å². The van der Waals surface area contributed by atoms with E-state index in [0.717, 1.165) is 5.56 Å². The summed E-state index contributed by atoms with van der Waals surface area (Å²) in [7, 11) is 0. The molecule has 1 atom stereocenters. The van der Waals surface area contributed by atoms with E-state index in [1.54, 1.807) is 54.6 Å². The summed E-state index contributed by atoms with van der Waals surface area (Å²) in [6.45, 7) is 0.00933. The number of hydrogen-bond acceptors (Lipinski definition) is 6. The number of ether oxygens (including phenoxy) is 1. The lowest BCUT2D eigenvalue weighted by molar-refractivity contribution is -0.148. The Labute approximate surface area is 167 Å². The van der Waals surface area contributed by atoms with Crippen LogP contribution < -0.4 is 11.1 Å². The number of ketones is 1. The van der Waals surface area contributed by atoms with E-state index in [4.69, 9.17) is 10.5 Å². The number of nitrogens with two attached hydrogens (primary N) is 1. The van der Waals surface area contributed by atoms with E-state index in [1.807, 2.05) is 18.2 Å². The molecule has 1 heterocycles. The van der Waals surface area contributed by atoms with Gasteiger partial charge in [0, 0.05) is 11.8 Å². The second-order valence-corrected chi connectivity index (χ2v) is 6.15. The largest absolute Gasteiger partial charge is 0.459 e. The van der Waals surface area contributed by atoms with E-state index < -0.39 is 17.9 Å². The van der Waals surface area contributed by atoms with Crippen molar-refractivity contribution in [3.63, 3.8) is 0 Å². The Morgan fingerprint density at radius 1 is 0.931 bits per heavy atom. The minimum atomic E-state index is -1.53. The Kier molecular flexibility index (Phi) is 6.44. The molecule has 0 fully saturated rings. The smallest absolute Gasteiger partial charge is 0.333 e. The van der Waals surface area contributed by atoms with Gasteiger partial charge in [-0.25, -0.2) is 4.79 Å². The normalized spacial score (nSPS) is 11.3. The van der Waals surface area contributed by atoms with Gasteiger partial charge in [0.2, 0.25) is 5.78 Å². The summed E-state index contributed by atoms with van der Waals surface area (Å²) in [4.78, 5) is 41.2. The van der Waals surface area contributed by atoms with Crippen LogP contribution in [0.3, 0.4) is 0 Å². The van der Waals surface area contributed by atoms with Gasteiger partial charge in [-0.05, 0) is 29.8 Å². The number of carbonyl (C=O) groups is 3. The Morgan fingerprint density at radius 3 is 2.34 bits per heavy atom. The Morgan fingerprint density at radius 2 is 1.62 bits per heavy atom. The molecule has 2 aromatic carbocycles. The van der Waals surface area contributed by atoms with E-state index >= 15 is 0 Å². The molecular weight excluding hydrogens is 370 g/mol. The fourth-order valence-corrected chi connectivity index (χ4v) is 2.56. The van der Waals surface area contributed by atoms with E-state index in [-0.39, 0.29) is 29.3 Å². The number of esters is 1. The van der Waals surface area contributed by atoms with Gasteiger partial charge in [0.25, 0.3) is 5.91 Å². The van der Waals surface area contributed by atoms with Crippen LogP contribution in [-0.2, 0) is 20.9 Å². The zero-order valence-electron chi connectivity index (χ0n) is 15.4. The number of pyridine rings is 1. The van der Waals surface area contributed by atoms with Crippen molar-refractivity contribution in [3.05, 3.63) is 95.8 Å². The highest BCUT2D eigenvalue weighted by atomic mass is 16.5. The third-order valence-electron chi connectivity index (χ3n) is 4.09. The molecule has 1 amide bonds. The maximum Gasteiger partial charge on any atom is 0.333 e. The van der Waals surface area contributed by atoms with Crippen LogP contribution in [0.4, 0.5) is 5.69 Å². The van der Waals surface area contributed by atoms with Gasteiger partial charge in [0.15, 0.2) is 6.04 Å². The van der Waals surface area contributed by atoms with Gasteiger partial charge in [-0.1, -0.05) is 48.5 Å². The van der Waals surface area contributed by atoms with Crippen LogP contribution in [0.15, 0.2) is 79.0 Å².